The normalized spacial score (nSPS) is 10.6. The average Bonchev–Trinajstić information content (AvgIpc) is 3.15. The van der Waals surface area contributed by atoms with E-state index in [2.05, 4.69) is 5.10 Å². The summed E-state index contributed by atoms with van der Waals surface area (Å²) in [5.41, 5.74) is 2.59. The van der Waals surface area contributed by atoms with Gasteiger partial charge in [-0.05, 0) is 42.0 Å². The first-order valence-corrected chi connectivity index (χ1v) is 8.59. The zero-order valence-corrected chi connectivity index (χ0v) is 15.5. The van der Waals surface area contributed by atoms with Gasteiger partial charge < -0.3 is 9.64 Å². The van der Waals surface area contributed by atoms with Crippen molar-refractivity contribution in [3.05, 3.63) is 82.6 Å². The van der Waals surface area contributed by atoms with Gasteiger partial charge in [0, 0.05) is 42.1 Å². The standard InChI is InChI=1S/C20H20ClN3O2/c1-23(14-17-12-18(21)8-9-19(17)26-2)20(25)16-6-4-15(5-7-16)13-24-11-3-10-22-24/h3-12H,13-14H2,1-2H3. The first kappa shape index (κ1) is 18.0. The molecule has 0 spiro atoms. The van der Waals surface area contributed by atoms with Crippen LogP contribution < -0.4 is 4.74 Å². The Morgan fingerprint density at radius 2 is 2.00 bits per heavy atom. The minimum Gasteiger partial charge on any atom is -0.496 e. The second-order valence-electron chi connectivity index (χ2n) is 6.02. The first-order valence-electron chi connectivity index (χ1n) is 8.21. The number of halogens is 1. The van der Waals surface area contributed by atoms with Gasteiger partial charge in [0.15, 0.2) is 0 Å². The van der Waals surface area contributed by atoms with E-state index >= 15 is 0 Å². The summed E-state index contributed by atoms with van der Waals surface area (Å²) in [5, 5.41) is 4.80. The molecule has 0 unspecified atom stereocenters. The van der Waals surface area contributed by atoms with Gasteiger partial charge in [0.1, 0.15) is 5.75 Å². The van der Waals surface area contributed by atoms with Crippen LogP contribution in [-0.2, 0) is 13.1 Å². The Morgan fingerprint density at radius 3 is 2.65 bits per heavy atom. The van der Waals surface area contributed by atoms with Crippen molar-refractivity contribution in [1.29, 1.82) is 0 Å². The van der Waals surface area contributed by atoms with Crippen LogP contribution in [-0.4, -0.2) is 34.7 Å². The van der Waals surface area contributed by atoms with Crippen LogP contribution in [0.1, 0.15) is 21.5 Å². The van der Waals surface area contributed by atoms with Crippen LogP contribution in [0.15, 0.2) is 60.9 Å². The largest absolute Gasteiger partial charge is 0.496 e. The van der Waals surface area contributed by atoms with Crippen molar-refractivity contribution in [2.75, 3.05) is 14.2 Å². The SMILES string of the molecule is COc1ccc(Cl)cc1CN(C)C(=O)c1ccc(Cn2cccn2)cc1. The van der Waals surface area contributed by atoms with Crippen molar-refractivity contribution in [3.8, 4) is 5.75 Å². The first-order chi connectivity index (χ1) is 12.6. The molecule has 134 valence electrons. The highest BCUT2D eigenvalue weighted by Crippen LogP contribution is 2.24. The maximum atomic E-state index is 12.7. The third-order valence-electron chi connectivity index (χ3n) is 4.10. The number of aromatic nitrogens is 2. The molecule has 1 heterocycles. The Kier molecular flexibility index (Phi) is 5.58. The molecule has 0 atom stereocenters. The number of methoxy groups -OCH3 is 1. The van der Waals surface area contributed by atoms with Gasteiger partial charge >= 0.3 is 0 Å². The van der Waals surface area contributed by atoms with Gasteiger partial charge in [-0.25, -0.2) is 0 Å². The molecule has 0 radical (unpaired) electrons. The minimum absolute atomic E-state index is 0.0577. The summed E-state index contributed by atoms with van der Waals surface area (Å²) in [6.07, 6.45) is 3.65. The third-order valence-corrected chi connectivity index (χ3v) is 4.34. The van der Waals surface area contributed by atoms with Crippen molar-refractivity contribution in [2.45, 2.75) is 13.1 Å². The fraction of sp³-hybridized carbons (Fsp3) is 0.200. The molecule has 5 nitrogen and oxygen atoms in total. The van der Waals surface area contributed by atoms with Gasteiger partial charge in [-0.15, -0.1) is 0 Å². The molecule has 0 saturated heterocycles. The molecule has 0 aliphatic rings. The molecule has 1 amide bonds. The highest BCUT2D eigenvalue weighted by atomic mass is 35.5. The molecule has 0 saturated carbocycles. The van der Waals surface area contributed by atoms with E-state index in [4.69, 9.17) is 16.3 Å². The number of rotatable bonds is 6. The maximum absolute atomic E-state index is 12.7. The third kappa shape index (κ3) is 4.24. The Labute approximate surface area is 157 Å². The highest BCUT2D eigenvalue weighted by Gasteiger charge is 2.14. The van der Waals surface area contributed by atoms with Gasteiger partial charge in [-0.2, -0.15) is 5.10 Å². The zero-order valence-electron chi connectivity index (χ0n) is 14.7. The van der Waals surface area contributed by atoms with Crippen LogP contribution >= 0.6 is 11.6 Å². The number of benzene rings is 2. The van der Waals surface area contributed by atoms with Crippen LogP contribution in [0.3, 0.4) is 0 Å². The van der Waals surface area contributed by atoms with Crippen LogP contribution in [0.2, 0.25) is 5.02 Å². The van der Waals surface area contributed by atoms with E-state index in [-0.39, 0.29) is 5.91 Å². The quantitative estimate of drug-likeness (QED) is 0.662. The molecule has 3 aromatic rings. The zero-order chi connectivity index (χ0) is 18.5. The van der Waals surface area contributed by atoms with Crippen molar-refractivity contribution >= 4 is 17.5 Å². The number of hydrogen-bond acceptors (Lipinski definition) is 3. The Morgan fingerprint density at radius 1 is 1.23 bits per heavy atom. The van der Waals surface area contributed by atoms with Gasteiger partial charge in [0.2, 0.25) is 0 Å². The molecule has 0 bridgehead atoms. The average molecular weight is 370 g/mol. The van der Waals surface area contributed by atoms with E-state index in [0.29, 0.717) is 29.4 Å². The summed E-state index contributed by atoms with van der Waals surface area (Å²) in [4.78, 5) is 14.3. The van der Waals surface area contributed by atoms with Crippen molar-refractivity contribution in [1.82, 2.24) is 14.7 Å². The smallest absolute Gasteiger partial charge is 0.253 e. The summed E-state index contributed by atoms with van der Waals surface area (Å²) in [5.74, 6) is 0.654. The summed E-state index contributed by atoms with van der Waals surface area (Å²) in [7, 11) is 3.37. The summed E-state index contributed by atoms with van der Waals surface area (Å²) in [6, 6.07) is 14.9. The molecular weight excluding hydrogens is 350 g/mol. The number of hydrogen-bond donors (Lipinski definition) is 0. The van der Waals surface area contributed by atoms with Gasteiger partial charge in [0.25, 0.3) is 5.91 Å². The Balaban J connectivity index is 1.69. The van der Waals surface area contributed by atoms with Crippen molar-refractivity contribution in [3.63, 3.8) is 0 Å². The van der Waals surface area contributed by atoms with Crippen LogP contribution in [0.25, 0.3) is 0 Å². The molecule has 0 fully saturated rings. The second kappa shape index (κ2) is 8.06. The fourth-order valence-corrected chi connectivity index (χ4v) is 2.95. The van der Waals surface area contributed by atoms with Gasteiger partial charge in [0.05, 0.1) is 13.7 Å². The maximum Gasteiger partial charge on any atom is 0.253 e. The molecule has 0 aliphatic carbocycles. The van der Waals surface area contributed by atoms with Crippen LogP contribution in [0.4, 0.5) is 0 Å². The molecule has 26 heavy (non-hydrogen) atoms. The second-order valence-corrected chi connectivity index (χ2v) is 6.45. The van der Waals surface area contributed by atoms with E-state index in [0.717, 1.165) is 11.1 Å². The van der Waals surface area contributed by atoms with Crippen molar-refractivity contribution < 1.29 is 9.53 Å². The predicted molar refractivity (Wildman–Crippen MR) is 102 cm³/mol. The number of carbonyl (C=O) groups excluding carboxylic acids is 1. The molecule has 0 N–H and O–H groups in total. The molecule has 1 aromatic heterocycles. The molecule has 0 aliphatic heterocycles. The number of carbonyl (C=O) groups is 1. The molecular formula is C20H20ClN3O2. The summed E-state index contributed by atoms with van der Waals surface area (Å²) in [6.45, 7) is 1.09. The summed E-state index contributed by atoms with van der Waals surface area (Å²) < 4.78 is 7.19. The van der Waals surface area contributed by atoms with E-state index in [1.54, 1.807) is 37.4 Å². The minimum atomic E-state index is -0.0577. The lowest BCUT2D eigenvalue weighted by Crippen LogP contribution is -2.26. The monoisotopic (exact) mass is 369 g/mol. The van der Waals surface area contributed by atoms with Crippen LogP contribution in [0.5, 0.6) is 5.75 Å². The van der Waals surface area contributed by atoms with E-state index in [1.165, 1.54) is 0 Å². The lowest BCUT2D eigenvalue weighted by molar-refractivity contribution is 0.0784. The number of ether oxygens (including phenoxy) is 1. The lowest BCUT2D eigenvalue weighted by atomic mass is 10.1. The van der Waals surface area contributed by atoms with Crippen LogP contribution in [0, 0.1) is 0 Å². The van der Waals surface area contributed by atoms with E-state index in [1.807, 2.05) is 47.3 Å². The molecule has 2 aromatic carbocycles. The predicted octanol–water partition coefficient (Wildman–Crippen LogP) is 3.87. The molecule has 3 rings (SSSR count). The Hall–Kier alpha value is -2.79. The van der Waals surface area contributed by atoms with Gasteiger partial charge in [-0.1, -0.05) is 23.7 Å². The Bertz CT molecular complexity index is 877. The van der Waals surface area contributed by atoms with E-state index in [9.17, 15) is 4.79 Å². The highest BCUT2D eigenvalue weighted by molar-refractivity contribution is 6.30. The lowest BCUT2D eigenvalue weighted by Gasteiger charge is -2.19. The fourth-order valence-electron chi connectivity index (χ4n) is 2.75. The number of amides is 1. The van der Waals surface area contributed by atoms with Crippen molar-refractivity contribution in [2.24, 2.45) is 0 Å². The topological polar surface area (TPSA) is 47.4 Å². The van der Waals surface area contributed by atoms with Gasteiger partial charge in [-0.3, -0.25) is 9.48 Å². The molecule has 6 heteroatoms. The van der Waals surface area contributed by atoms with E-state index < -0.39 is 0 Å². The summed E-state index contributed by atoms with van der Waals surface area (Å²) >= 11 is 6.06. The number of nitrogens with zero attached hydrogens (tertiary/aromatic N) is 3.